The highest BCUT2D eigenvalue weighted by atomic mass is 35.5. The average molecular weight is 279 g/mol. The maximum Gasteiger partial charge on any atom is 0.421 e. The third-order valence-electron chi connectivity index (χ3n) is 1.90. The molecule has 0 aliphatic carbocycles. The van der Waals surface area contributed by atoms with Crippen molar-refractivity contribution < 1.29 is 31.1 Å². The van der Waals surface area contributed by atoms with Crippen molar-refractivity contribution in [3.8, 4) is 5.75 Å². The summed E-state index contributed by atoms with van der Waals surface area (Å²) in [5.41, 5.74) is -3.15. The molecule has 0 radical (unpaired) electrons. The van der Waals surface area contributed by atoms with E-state index in [1.165, 1.54) is 0 Å². The van der Waals surface area contributed by atoms with Gasteiger partial charge in [0.25, 0.3) is 0 Å². The van der Waals surface area contributed by atoms with Gasteiger partial charge in [0.15, 0.2) is 0 Å². The van der Waals surface area contributed by atoms with Gasteiger partial charge in [0, 0.05) is 0 Å². The standard InChI is InChI=1S/C9H5ClF6O/c1-17-7-4(8(11,12)13)2-3-5(10)6(7)9(14,15)16/h2-3H,1H3. The number of alkyl halides is 6. The molecule has 0 aliphatic rings. The predicted molar refractivity (Wildman–Crippen MR) is 48.0 cm³/mol. The summed E-state index contributed by atoms with van der Waals surface area (Å²) in [4.78, 5) is 0. The van der Waals surface area contributed by atoms with Gasteiger partial charge in [-0.2, -0.15) is 26.3 Å². The average Bonchev–Trinajstić information content (AvgIpc) is 2.12. The fraction of sp³-hybridized carbons (Fsp3) is 0.333. The number of hydrogen-bond acceptors (Lipinski definition) is 1. The van der Waals surface area contributed by atoms with E-state index >= 15 is 0 Å². The highest BCUT2D eigenvalue weighted by Gasteiger charge is 2.43. The molecule has 0 saturated heterocycles. The van der Waals surface area contributed by atoms with Gasteiger partial charge in [-0.15, -0.1) is 0 Å². The van der Waals surface area contributed by atoms with Crippen LogP contribution in [0.2, 0.25) is 5.02 Å². The van der Waals surface area contributed by atoms with E-state index in [1.54, 1.807) is 0 Å². The third kappa shape index (κ3) is 2.77. The fourth-order valence-electron chi connectivity index (χ4n) is 1.26. The van der Waals surface area contributed by atoms with Crippen molar-refractivity contribution in [3.05, 3.63) is 28.3 Å². The molecule has 1 nitrogen and oxygen atoms in total. The zero-order valence-corrected chi connectivity index (χ0v) is 8.96. The highest BCUT2D eigenvalue weighted by molar-refractivity contribution is 6.31. The molecular weight excluding hydrogens is 274 g/mol. The van der Waals surface area contributed by atoms with E-state index in [9.17, 15) is 26.3 Å². The van der Waals surface area contributed by atoms with Crippen molar-refractivity contribution in [2.45, 2.75) is 12.4 Å². The first-order valence-corrected chi connectivity index (χ1v) is 4.47. The Balaban J connectivity index is 3.60. The van der Waals surface area contributed by atoms with E-state index in [2.05, 4.69) is 4.74 Å². The zero-order valence-electron chi connectivity index (χ0n) is 8.21. The molecule has 0 heterocycles. The van der Waals surface area contributed by atoms with Crippen molar-refractivity contribution in [2.24, 2.45) is 0 Å². The summed E-state index contributed by atoms with van der Waals surface area (Å²) >= 11 is 5.25. The number of halogens is 7. The van der Waals surface area contributed by atoms with Crippen molar-refractivity contribution >= 4 is 11.6 Å². The molecule has 0 amide bonds. The molecule has 0 aromatic heterocycles. The Hall–Kier alpha value is -1.11. The van der Waals surface area contributed by atoms with Gasteiger partial charge in [0.1, 0.15) is 11.3 Å². The maximum absolute atomic E-state index is 12.5. The van der Waals surface area contributed by atoms with Gasteiger partial charge in [0.05, 0.1) is 17.7 Å². The molecule has 0 bridgehead atoms. The van der Waals surface area contributed by atoms with E-state index in [4.69, 9.17) is 11.6 Å². The lowest BCUT2D eigenvalue weighted by Crippen LogP contribution is -2.14. The first-order valence-electron chi connectivity index (χ1n) is 4.10. The van der Waals surface area contributed by atoms with Crippen molar-refractivity contribution in [1.29, 1.82) is 0 Å². The molecule has 0 saturated carbocycles. The second-order valence-electron chi connectivity index (χ2n) is 3.00. The minimum Gasteiger partial charge on any atom is -0.495 e. The van der Waals surface area contributed by atoms with Gasteiger partial charge in [0.2, 0.25) is 0 Å². The molecule has 8 heteroatoms. The number of methoxy groups -OCH3 is 1. The molecule has 96 valence electrons. The lowest BCUT2D eigenvalue weighted by atomic mass is 10.1. The summed E-state index contributed by atoms with van der Waals surface area (Å²) in [6.45, 7) is 0. The smallest absolute Gasteiger partial charge is 0.421 e. The van der Waals surface area contributed by atoms with Gasteiger partial charge in [-0.3, -0.25) is 0 Å². The molecule has 1 aromatic carbocycles. The van der Waals surface area contributed by atoms with Gasteiger partial charge >= 0.3 is 12.4 Å². The summed E-state index contributed by atoms with van der Waals surface area (Å²) in [5.74, 6) is -1.32. The van der Waals surface area contributed by atoms with Crippen LogP contribution in [0.4, 0.5) is 26.3 Å². The van der Waals surface area contributed by atoms with Crippen LogP contribution >= 0.6 is 11.6 Å². The monoisotopic (exact) mass is 278 g/mol. The lowest BCUT2D eigenvalue weighted by Gasteiger charge is -2.18. The first kappa shape index (κ1) is 14.0. The Bertz CT molecular complexity index is 423. The van der Waals surface area contributed by atoms with E-state index in [0.29, 0.717) is 12.1 Å². The predicted octanol–water partition coefficient (Wildman–Crippen LogP) is 4.39. The third-order valence-corrected chi connectivity index (χ3v) is 2.21. The molecule has 0 atom stereocenters. The Labute approximate surface area is 96.9 Å². The Morgan fingerprint density at radius 2 is 1.53 bits per heavy atom. The van der Waals surface area contributed by atoms with Crippen molar-refractivity contribution in [3.63, 3.8) is 0 Å². The van der Waals surface area contributed by atoms with Gasteiger partial charge < -0.3 is 4.74 Å². The molecule has 0 spiro atoms. The number of benzene rings is 1. The summed E-state index contributed by atoms with van der Waals surface area (Å²) in [6, 6.07) is 0.978. The first-order chi connectivity index (χ1) is 7.59. The van der Waals surface area contributed by atoms with Gasteiger partial charge in [-0.05, 0) is 12.1 Å². The van der Waals surface area contributed by atoms with E-state index < -0.39 is 34.3 Å². The molecular formula is C9H5ClF6O. The van der Waals surface area contributed by atoms with Crippen LogP contribution in [0.3, 0.4) is 0 Å². The van der Waals surface area contributed by atoms with E-state index in [0.717, 1.165) is 7.11 Å². The zero-order chi connectivity index (χ0) is 13.4. The van der Waals surface area contributed by atoms with E-state index in [-0.39, 0.29) is 0 Å². The summed E-state index contributed by atoms with van der Waals surface area (Å²) in [5, 5.41) is -0.845. The van der Waals surface area contributed by atoms with Crippen LogP contribution in [0.15, 0.2) is 12.1 Å². The second-order valence-corrected chi connectivity index (χ2v) is 3.41. The Kier molecular flexibility index (Phi) is 3.52. The van der Waals surface area contributed by atoms with Crippen molar-refractivity contribution in [2.75, 3.05) is 7.11 Å². The second kappa shape index (κ2) is 4.29. The topological polar surface area (TPSA) is 9.23 Å². The molecule has 0 N–H and O–H groups in total. The van der Waals surface area contributed by atoms with Crippen LogP contribution in [0, 0.1) is 0 Å². The Morgan fingerprint density at radius 1 is 1.00 bits per heavy atom. The summed E-state index contributed by atoms with van der Waals surface area (Å²) < 4.78 is 79.1. The minimum absolute atomic E-state index is 0.441. The quantitative estimate of drug-likeness (QED) is 0.693. The molecule has 0 unspecified atom stereocenters. The number of ether oxygens (including phenoxy) is 1. The van der Waals surface area contributed by atoms with E-state index in [1.807, 2.05) is 0 Å². The molecule has 0 fully saturated rings. The molecule has 17 heavy (non-hydrogen) atoms. The van der Waals surface area contributed by atoms with Crippen LogP contribution in [0.5, 0.6) is 5.75 Å². The number of rotatable bonds is 1. The lowest BCUT2D eigenvalue weighted by molar-refractivity contribution is -0.145. The molecule has 1 rings (SSSR count). The summed E-state index contributed by atoms with van der Waals surface area (Å²) in [6.07, 6.45) is -9.97. The largest absolute Gasteiger partial charge is 0.495 e. The van der Waals surface area contributed by atoms with Gasteiger partial charge in [-0.1, -0.05) is 11.6 Å². The van der Waals surface area contributed by atoms with Crippen LogP contribution in [0.1, 0.15) is 11.1 Å². The maximum atomic E-state index is 12.5. The Morgan fingerprint density at radius 3 is 1.88 bits per heavy atom. The van der Waals surface area contributed by atoms with Crippen molar-refractivity contribution in [1.82, 2.24) is 0 Å². The van der Waals surface area contributed by atoms with Crippen LogP contribution in [0.25, 0.3) is 0 Å². The highest BCUT2D eigenvalue weighted by Crippen LogP contribution is 2.47. The van der Waals surface area contributed by atoms with Crippen LogP contribution in [-0.2, 0) is 12.4 Å². The minimum atomic E-state index is -5.02. The summed E-state index contributed by atoms with van der Waals surface area (Å²) in [7, 11) is 0.718. The van der Waals surface area contributed by atoms with Crippen LogP contribution in [-0.4, -0.2) is 7.11 Å². The van der Waals surface area contributed by atoms with Crippen LogP contribution < -0.4 is 4.74 Å². The normalized spacial score (nSPS) is 12.7. The SMILES string of the molecule is COc1c(C(F)(F)F)ccc(Cl)c1C(F)(F)F. The number of hydrogen-bond donors (Lipinski definition) is 0. The molecule has 0 aliphatic heterocycles. The van der Waals surface area contributed by atoms with Gasteiger partial charge in [-0.25, -0.2) is 0 Å². The fourth-order valence-corrected chi connectivity index (χ4v) is 1.51. The molecule has 1 aromatic rings.